The zero-order valence-corrected chi connectivity index (χ0v) is 8.38. The van der Waals surface area contributed by atoms with Crippen molar-refractivity contribution in [3.63, 3.8) is 0 Å². The lowest BCUT2D eigenvalue weighted by atomic mass is 10.2. The van der Waals surface area contributed by atoms with E-state index in [9.17, 15) is 0 Å². The quantitative estimate of drug-likeness (QED) is 0.676. The van der Waals surface area contributed by atoms with Gasteiger partial charge in [-0.2, -0.15) is 0 Å². The Morgan fingerprint density at radius 2 is 2.15 bits per heavy atom. The molecule has 1 atom stereocenters. The predicted molar refractivity (Wildman–Crippen MR) is 57.4 cm³/mol. The van der Waals surface area contributed by atoms with Crippen LogP contribution in [0.2, 0.25) is 0 Å². The van der Waals surface area contributed by atoms with Gasteiger partial charge in [0.05, 0.1) is 0 Å². The van der Waals surface area contributed by atoms with Crippen LogP contribution in [-0.4, -0.2) is 11.9 Å². The molecule has 1 nitrogen and oxygen atoms in total. The lowest BCUT2D eigenvalue weighted by molar-refractivity contribution is 0.190. The van der Waals surface area contributed by atoms with E-state index >= 15 is 0 Å². The molecular weight excluding hydrogens is 180 g/mol. The van der Waals surface area contributed by atoms with Crippen LogP contribution in [0.1, 0.15) is 12.5 Å². The molecule has 0 bridgehead atoms. The van der Waals surface area contributed by atoms with E-state index in [1.165, 1.54) is 5.56 Å². The summed E-state index contributed by atoms with van der Waals surface area (Å²) < 4.78 is 5.59. The van der Waals surface area contributed by atoms with Gasteiger partial charge in [0.1, 0.15) is 6.10 Å². The molecule has 0 aliphatic carbocycles. The van der Waals surface area contributed by atoms with Crippen LogP contribution in [0.5, 0.6) is 0 Å². The Morgan fingerprint density at radius 1 is 1.38 bits per heavy atom. The van der Waals surface area contributed by atoms with Crippen LogP contribution in [0.4, 0.5) is 0 Å². The normalized spacial score (nSPS) is 24.7. The van der Waals surface area contributed by atoms with Gasteiger partial charge in [0.2, 0.25) is 0 Å². The van der Waals surface area contributed by atoms with Crippen molar-refractivity contribution >= 4 is 17.8 Å². The molecule has 0 aromatic heterocycles. The van der Waals surface area contributed by atoms with Gasteiger partial charge in [-0.1, -0.05) is 42.1 Å². The maximum atomic E-state index is 5.59. The summed E-state index contributed by atoms with van der Waals surface area (Å²) in [5.74, 6) is 1.07. The highest BCUT2D eigenvalue weighted by Crippen LogP contribution is 2.30. The Morgan fingerprint density at radius 3 is 2.77 bits per heavy atom. The van der Waals surface area contributed by atoms with E-state index in [0.29, 0.717) is 6.10 Å². The highest BCUT2D eigenvalue weighted by atomic mass is 32.2. The summed E-state index contributed by atoms with van der Waals surface area (Å²) >= 11 is 1.78. The first kappa shape index (κ1) is 8.70. The first-order valence-corrected chi connectivity index (χ1v) is 5.39. The summed E-state index contributed by atoms with van der Waals surface area (Å²) in [4.78, 5) is 0. The van der Waals surface area contributed by atoms with Crippen LogP contribution >= 0.6 is 11.8 Å². The fraction of sp³-hybridized carbons (Fsp3) is 0.273. The molecule has 1 aliphatic heterocycles. The van der Waals surface area contributed by atoms with Gasteiger partial charge in [-0.15, -0.1) is 0 Å². The second kappa shape index (κ2) is 3.88. The Bertz CT molecular complexity index is 305. The Kier molecular flexibility index (Phi) is 2.60. The first-order chi connectivity index (χ1) is 6.34. The summed E-state index contributed by atoms with van der Waals surface area (Å²) in [6.45, 7) is 2.10. The molecule has 0 saturated carbocycles. The molecule has 1 aromatic rings. The fourth-order valence-electron chi connectivity index (χ4n) is 1.23. The minimum atomic E-state index is 0.361. The second-order valence-electron chi connectivity index (χ2n) is 3.11. The van der Waals surface area contributed by atoms with Crippen LogP contribution in [0, 0.1) is 0 Å². The molecule has 1 unspecified atom stereocenters. The van der Waals surface area contributed by atoms with Gasteiger partial charge in [0.15, 0.2) is 5.09 Å². The van der Waals surface area contributed by atoms with Crippen LogP contribution in [0.3, 0.4) is 0 Å². The average Bonchev–Trinajstić information content (AvgIpc) is 2.53. The molecular formula is C11H12OS. The molecule has 1 fully saturated rings. The minimum Gasteiger partial charge on any atom is -0.484 e. The van der Waals surface area contributed by atoms with Gasteiger partial charge in [0.25, 0.3) is 0 Å². The van der Waals surface area contributed by atoms with E-state index in [4.69, 9.17) is 4.74 Å². The number of hydrogen-bond donors (Lipinski definition) is 0. The van der Waals surface area contributed by atoms with Crippen molar-refractivity contribution in [1.82, 2.24) is 0 Å². The zero-order valence-electron chi connectivity index (χ0n) is 7.57. The van der Waals surface area contributed by atoms with Crippen LogP contribution in [0.25, 0.3) is 6.08 Å². The third-order valence-corrected chi connectivity index (χ3v) is 3.00. The zero-order chi connectivity index (χ0) is 9.10. The smallest absolute Gasteiger partial charge is 0.154 e. The summed E-state index contributed by atoms with van der Waals surface area (Å²) in [5.41, 5.74) is 1.21. The molecule has 1 aliphatic rings. The Balaban J connectivity index is 2.13. The van der Waals surface area contributed by atoms with Gasteiger partial charge >= 0.3 is 0 Å². The van der Waals surface area contributed by atoms with Crippen molar-refractivity contribution in [2.75, 3.05) is 5.75 Å². The number of benzene rings is 1. The van der Waals surface area contributed by atoms with Crippen molar-refractivity contribution in [3.8, 4) is 0 Å². The van der Waals surface area contributed by atoms with Crippen molar-refractivity contribution < 1.29 is 4.74 Å². The molecule has 1 heterocycles. The lowest BCUT2D eigenvalue weighted by Gasteiger charge is -2.01. The molecule has 2 rings (SSSR count). The standard InChI is InChI=1S/C11H12OS/c1-9-8-13-11(12-9)7-10-5-3-2-4-6-10/h2-7,9H,8H2,1H3. The highest BCUT2D eigenvalue weighted by molar-refractivity contribution is 8.03. The van der Waals surface area contributed by atoms with E-state index in [0.717, 1.165) is 10.8 Å². The number of hydrogen-bond acceptors (Lipinski definition) is 2. The molecule has 13 heavy (non-hydrogen) atoms. The molecule has 0 radical (unpaired) electrons. The molecule has 2 heteroatoms. The first-order valence-electron chi connectivity index (χ1n) is 4.41. The summed E-state index contributed by atoms with van der Waals surface area (Å²) in [6.07, 6.45) is 2.45. The third kappa shape index (κ3) is 2.28. The monoisotopic (exact) mass is 192 g/mol. The fourth-order valence-corrected chi connectivity index (χ4v) is 2.15. The molecule has 68 valence electrons. The van der Waals surface area contributed by atoms with Crippen LogP contribution in [-0.2, 0) is 4.74 Å². The molecule has 0 spiro atoms. The minimum absolute atomic E-state index is 0.361. The number of thioether (sulfide) groups is 1. The van der Waals surface area contributed by atoms with Crippen molar-refractivity contribution in [1.29, 1.82) is 0 Å². The average molecular weight is 192 g/mol. The summed E-state index contributed by atoms with van der Waals surface area (Å²) in [7, 11) is 0. The SMILES string of the molecule is CC1CSC(=Cc2ccccc2)O1. The summed E-state index contributed by atoms with van der Waals surface area (Å²) in [6, 6.07) is 10.3. The Labute approximate surface area is 82.8 Å². The topological polar surface area (TPSA) is 9.23 Å². The largest absolute Gasteiger partial charge is 0.484 e. The van der Waals surface area contributed by atoms with E-state index in [1.807, 2.05) is 18.2 Å². The molecule has 1 aromatic carbocycles. The second-order valence-corrected chi connectivity index (χ2v) is 4.14. The number of ether oxygens (including phenoxy) is 1. The van der Waals surface area contributed by atoms with E-state index < -0.39 is 0 Å². The molecule has 0 N–H and O–H groups in total. The Hall–Kier alpha value is -0.890. The van der Waals surface area contributed by atoms with E-state index in [2.05, 4.69) is 25.1 Å². The predicted octanol–water partition coefficient (Wildman–Crippen LogP) is 3.14. The van der Waals surface area contributed by atoms with Crippen LogP contribution in [0.15, 0.2) is 35.4 Å². The van der Waals surface area contributed by atoms with Crippen molar-refractivity contribution in [2.45, 2.75) is 13.0 Å². The highest BCUT2D eigenvalue weighted by Gasteiger charge is 2.15. The maximum absolute atomic E-state index is 5.59. The van der Waals surface area contributed by atoms with Crippen LogP contribution < -0.4 is 0 Å². The van der Waals surface area contributed by atoms with Gasteiger partial charge in [0, 0.05) is 5.75 Å². The molecule has 1 saturated heterocycles. The van der Waals surface area contributed by atoms with Crippen molar-refractivity contribution in [3.05, 3.63) is 41.0 Å². The van der Waals surface area contributed by atoms with Gasteiger partial charge in [-0.25, -0.2) is 0 Å². The van der Waals surface area contributed by atoms with Gasteiger partial charge in [-0.05, 0) is 18.6 Å². The lowest BCUT2D eigenvalue weighted by Crippen LogP contribution is -1.99. The van der Waals surface area contributed by atoms with E-state index in [-0.39, 0.29) is 0 Å². The van der Waals surface area contributed by atoms with Gasteiger partial charge in [-0.3, -0.25) is 0 Å². The molecule has 0 amide bonds. The third-order valence-electron chi connectivity index (χ3n) is 1.86. The number of rotatable bonds is 1. The van der Waals surface area contributed by atoms with Gasteiger partial charge < -0.3 is 4.74 Å². The van der Waals surface area contributed by atoms with Crippen molar-refractivity contribution in [2.24, 2.45) is 0 Å². The maximum Gasteiger partial charge on any atom is 0.154 e. The summed E-state index contributed by atoms with van der Waals surface area (Å²) in [5, 5.41) is 1.04. The van der Waals surface area contributed by atoms with E-state index in [1.54, 1.807) is 11.8 Å².